The monoisotopic (exact) mass is 215 g/mol. The zero-order valence-electron chi connectivity index (χ0n) is 9.10. The maximum Gasteiger partial charge on any atom is 0.409 e. The van der Waals surface area contributed by atoms with Gasteiger partial charge in [0.2, 0.25) is 0 Å². The minimum absolute atomic E-state index is 0.0566. The summed E-state index contributed by atoms with van der Waals surface area (Å²) < 4.78 is 4.89. The first kappa shape index (κ1) is 11.8. The highest BCUT2D eigenvalue weighted by Gasteiger charge is 2.32. The molecule has 0 aromatic heterocycles. The molecule has 1 aliphatic heterocycles. The Kier molecular flexibility index (Phi) is 3.94. The Morgan fingerprint density at radius 2 is 2.20 bits per heavy atom. The summed E-state index contributed by atoms with van der Waals surface area (Å²) in [5, 5.41) is 8.85. The molecule has 2 unspecified atom stereocenters. The van der Waals surface area contributed by atoms with E-state index in [4.69, 9.17) is 9.84 Å². The van der Waals surface area contributed by atoms with E-state index < -0.39 is 5.97 Å². The summed E-state index contributed by atoms with van der Waals surface area (Å²) in [6.45, 7) is 4.43. The number of rotatable bonds is 2. The van der Waals surface area contributed by atoms with Gasteiger partial charge in [0.15, 0.2) is 0 Å². The Labute approximate surface area is 89.0 Å². The van der Waals surface area contributed by atoms with Gasteiger partial charge in [-0.1, -0.05) is 0 Å². The van der Waals surface area contributed by atoms with E-state index in [0.29, 0.717) is 26.0 Å². The van der Waals surface area contributed by atoms with Crippen molar-refractivity contribution in [1.82, 2.24) is 4.90 Å². The van der Waals surface area contributed by atoms with Crippen LogP contribution in [0.4, 0.5) is 4.79 Å². The summed E-state index contributed by atoms with van der Waals surface area (Å²) in [5.41, 5.74) is 0. The van der Waals surface area contributed by atoms with E-state index >= 15 is 0 Å². The molecule has 0 saturated carbocycles. The molecule has 0 radical (unpaired) electrons. The third-order valence-corrected chi connectivity index (χ3v) is 2.73. The second-order valence-corrected chi connectivity index (χ2v) is 3.80. The molecule has 5 heteroatoms. The van der Waals surface area contributed by atoms with Gasteiger partial charge in [0.25, 0.3) is 0 Å². The van der Waals surface area contributed by atoms with Gasteiger partial charge in [-0.05, 0) is 26.7 Å². The van der Waals surface area contributed by atoms with Crippen molar-refractivity contribution < 1.29 is 19.4 Å². The molecule has 15 heavy (non-hydrogen) atoms. The standard InChI is InChI=1S/C10H17NO4/c1-3-15-10(14)11-5-4-8(9(12)13)6-7(11)2/h7-8H,3-6H2,1-2H3,(H,12,13). The number of carboxylic acids is 1. The minimum atomic E-state index is -0.773. The number of ether oxygens (including phenoxy) is 1. The van der Waals surface area contributed by atoms with Crippen LogP contribution in [0.1, 0.15) is 26.7 Å². The molecule has 1 amide bonds. The van der Waals surface area contributed by atoms with Gasteiger partial charge < -0.3 is 14.7 Å². The molecule has 0 aromatic carbocycles. The first-order valence-corrected chi connectivity index (χ1v) is 5.22. The van der Waals surface area contributed by atoms with E-state index in [9.17, 15) is 9.59 Å². The van der Waals surface area contributed by atoms with Crippen LogP contribution in [0.2, 0.25) is 0 Å². The lowest BCUT2D eigenvalue weighted by molar-refractivity contribution is -0.143. The topological polar surface area (TPSA) is 66.8 Å². The first-order valence-electron chi connectivity index (χ1n) is 5.22. The van der Waals surface area contributed by atoms with Crippen LogP contribution in [0, 0.1) is 5.92 Å². The predicted octanol–water partition coefficient (Wildman–Crippen LogP) is 1.33. The Bertz CT molecular complexity index is 254. The molecule has 1 rings (SSSR count). The van der Waals surface area contributed by atoms with Gasteiger partial charge in [0.05, 0.1) is 12.5 Å². The average Bonchev–Trinajstić information content (AvgIpc) is 2.17. The third-order valence-electron chi connectivity index (χ3n) is 2.73. The minimum Gasteiger partial charge on any atom is -0.481 e. The van der Waals surface area contributed by atoms with Crippen molar-refractivity contribution in [2.24, 2.45) is 5.92 Å². The summed E-state index contributed by atoms with van der Waals surface area (Å²) in [6.07, 6.45) is 0.681. The SMILES string of the molecule is CCOC(=O)N1CCC(C(=O)O)CC1C. The van der Waals surface area contributed by atoms with Crippen molar-refractivity contribution in [3.63, 3.8) is 0 Å². The van der Waals surface area contributed by atoms with Crippen molar-refractivity contribution in [2.75, 3.05) is 13.2 Å². The lowest BCUT2D eigenvalue weighted by Gasteiger charge is -2.35. The van der Waals surface area contributed by atoms with Crippen LogP contribution in [-0.4, -0.2) is 41.3 Å². The number of carbonyl (C=O) groups is 2. The van der Waals surface area contributed by atoms with Gasteiger partial charge >= 0.3 is 12.1 Å². The van der Waals surface area contributed by atoms with Crippen LogP contribution in [-0.2, 0) is 9.53 Å². The second-order valence-electron chi connectivity index (χ2n) is 3.80. The third kappa shape index (κ3) is 2.84. The molecule has 0 bridgehead atoms. The molecule has 0 aromatic rings. The Morgan fingerprint density at radius 1 is 1.53 bits per heavy atom. The van der Waals surface area contributed by atoms with Gasteiger partial charge in [-0.3, -0.25) is 4.79 Å². The Hall–Kier alpha value is -1.26. The summed E-state index contributed by atoms with van der Waals surface area (Å²) in [7, 11) is 0. The maximum atomic E-state index is 11.4. The van der Waals surface area contributed by atoms with Crippen molar-refractivity contribution in [1.29, 1.82) is 0 Å². The average molecular weight is 215 g/mol. The van der Waals surface area contributed by atoms with Crippen LogP contribution >= 0.6 is 0 Å². The number of piperidine rings is 1. The second kappa shape index (κ2) is 5.00. The van der Waals surface area contributed by atoms with Crippen molar-refractivity contribution in [2.45, 2.75) is 32.7 Å². The number of nitrogens with zero attached hydrogens (tertiary/aromatic N) is 1. The van der Waals surface area contributed by atoms with E-state index in [1.54, 1.807) is 11.8 Å². The summed E-state index contributed by atoms with van der Waals surface area (Å²) in [5.74, 6) is -1.10. The van der Waals surface area contributed by atoms with Crippen LogP contribution < -0.4 is 0 Å². The molecule has 0 aliphatic carbocycles. The number of hydrogen-bond donors (Lipinski definition) is 1. The number of carbonyl (C=O) groups excluding carboxylic acids is 1. The number of amides is 1. The van der Waals surface area contributed by atoms with Crippen LogP contribution in [0.3, 0.4) is 0 Å². The van der Waals surface area contributed by atoms with Crippen LogP contribution in [0.25, 0.3) is 0 Å². The summed E-state index contributed by atoms with van der Waals surface area (Å²) in [6, 6.07) is -0.0566. The zero-order valence-corrected chi connectivity index (χ0v) is 9.10. The van der Waals surface area contributed by atoms with E-state index in [-0.39, 0.29) is 18.1 Å². The predicted molar refractivity (Wildman–Crippen MR) is 53.5 cm³/mol. The largest absolute Gasteiger partial charge is 0.481 e. The Morgan fingerprint density at radius 3 is 2.67 bits per heavy atom. The van der Waals surface area contributed by atoms with Crippen LogP contribution in [0.15, 0.2) is 0 Å². The number of hydrogen-bond acceptors (Lipinski definition) is 3. The van der Waals surface area contributed by atoms with Gasteiger partial charge in [0, 0.05) is 12.6 Å². The molecule has 1 saturated heterocycles. The highest BCUT2D eigenvalue weighted by Crippen LogP contribution is 2.23. The lowest BCUT2D eigenvalue weighted by Crippen LogP contribution is -2.46. The highest BCUT2D eigenvalue weighted by atomic mass is 16.6. The fourth-order valence-electron chi connectivity index (χ4n) is 1.87. The fourth-order valence-corrected chi connectivity index (χ4v) is 1.87. The van der Waals surface area contributed by atoms with E-state index in [1.807, 2.05) is 6.92 Å². The molecule has 1 fully saturated rings. The van der Waals surface area contributed by atoms with Gasteiger partial charge in [0.1, 0.15) is 0 Å². The molecular formula is C10H17NO4. The van der Waals surface area contributed by atoms with Gasteiger partial charge in [-0.2, -0.15) is 0 Å². The van der Waals surface area contributed by atoms with E-state index in [1.165, 1.54) is 0 Å². The number of carboxylic acid groups (broad SMARTS) is 1. The van der Waals surface area contributed by atoms with Gasteiger partial charge in [-0.15, -0.1) is 0 Å². The zero-order chi connectivity index (χ0) is 11.4. The molecule has 1 heterocycles. The number of aliphatic carboxylic acids is 1. The molecular weight excluding hydrogens is 198 g/mol. The van der Waals surface area contributed by atoms with Crippen molar-refractivity contribution in [3.05, 3.63) is 0 Å². The first-order chi connectivity index (χ1) is 7.06. The maximum absolute atomic E-state index is 11.4. The molecule has 0 spiro atoms. The van der Waals surface area contributed by atoms with Crippen molar-refractivity contribution >= 4 is 12.1 Å². The molecule has 86 valence electrons. The quantitative estimate of drug-likeness (QED) is 0.754. The smallest absolute Gasteiger partial charge is 0.409 e. The normalized spacial score (nSPS) is 26.1. The molecule has 5 nitrogen and oxygen atoms in total. The Balaban J connectivity index is 2.52. The van der Waals surface area contributed by atoms with Crippen LogP contribution in [0.5, 0.6) is 0 Å². The summed E-state index contributed by atoms with van der Waals surface area (Å²) in [4.78, 5) is 23.8. The molecule has 1 N–H and O–H groups in total. The summed E-state index contributed by atoms with van der Waals surface area (Å²) >= 11 is 0. The fraction of sp³-hybridized carbons (Fsp3) is 0.800. The molecule has 2 atom stereocenters. The van der Waals surface area contributed by atoms with E-state index in [0.717, 1.165) is 0 Å². The van der Waals surface area contributed by atoms with Crippen molar-refractivity contribution in [3.8, 4) is 0 Å². The molecule has 1 aliphatic rings. The van der Waals surface area contributed by atoms with Gasteiger partial charge in [-0.25, -0.2) is 4.79 Å². The highest BCUT2D eigenvalue weighted by molar-refractivity contribution is 5.72. The number of likely N-dealkylation sites (tertiary alicyclic amines) is 1. The lowest BCUT2D eigenvalue weighted by atomic mass is 9.92. The van der Waals surface area contributed by atoms with E-state index in [2.05, 4.69) is 0 Å².